The molecule has 1 aromatic carbocycles. The second-order valence-electron chi connectivity index (χ2n) is 4.59. The molecular weight excluding hydrogens is 246 g/mol. The summed E-state index contributed by atoms with van der Waals surface area (Å²) in [7, 11) is 0. The van der Waals surface area contributed by atoms with Crippen LogP contribution < -0.4 is 0 Å². The van der Waals surface area contributed by atoms with Crippen LogP contribution in [-0.4, -0.2) is 16.0 Å². The first kappa shape index (κ1) is 15.1. The number of nitro groups is 1. The Hall–Kier alpha value is -1.91. The second-order valence-corrected chi connectivity index (χ2v) is 4.59. The van der Waals surface area contributed by atoms with Gasteiger partial charge in [-0.1, -0.05) is 44.7 Å². The predicted octanol–water partition coefficient (Wildman–Crippen LogP) is 3.73. The summed E-state index contributed by atoms with van der Waals surface area (Å²) < 4.78 is 0. The summed E-state index contributed by atoms with van der Waals surface area (Å²) in [5.41, 5.74) is 0.619. The van der Waals surface area contributed by atoms with Gasteiger partial charge in [0.15, 0.2) is 0 Å². The van der Waals surface area contributed by atoms with E-state index in [-0.39, 0.29) is 5.69 Å². The number of carbonyl (C=O) groups is 1. The van der Waals surface area contributed by atoms with Gasteiger partial charge in [0.1, 0.15) is 0 Å². The summed E-state index contributed by atoms with van der Waals surface area (Å²) >= 11 is 0. The Morgan fingerprint density at radius 1 is 1.26 bits per heavy atom. The van der Waals surface area contributed by atoms with Crippen molar-refractivity contribution in [1.82, 2.24) is 0 Å². The van der Waals surface area contributed by atoms with E-state index < -0.39 is 16.8 Å². The highest BCUT2D eigenvalue weighted by atomic mass is 16.6. The molecule has 0 saturated heterocycles. The van der Waals surface area contributed by atoms with Crippen molar-refractivity contribution in [2.45, 2.75) is 44.9 Å². The third kappa shape index (κ3) is 4.69. The molecule has 0 spiro atoms. The fourth-order valence-corrected chi connectivity index (χ4v) is 2.04. The summed E-state index contributed by atoms with van der Waals surface area (Å²) in [6.07, 6.45) is 4.67. The highest BCUT2D eigenvalue weighted by Crippen LogP contribution is 2.25. The molecule has 19 heavy (non-hydrogen) atoms. The first-order valence-corrected chi connectivity index (χ1v) is 6.53. The number of aliphatic carboxylic acids is 1. The van der Waals surface area contributed by atoms with Crippen LogP contribution >= 0.6 is 0 Å². The zero-order valence-electron chi connectivity index (χ0n) is 11.0. The lowest BCUT2D eigenvalue weighted by Crippen LogP contribution is -2.11. The fourth-order valence-electron chi connectivity index (χ4n) is 2.04. The topological polar surface area (TPSA) is 80.4 Å². The summed E-state index contributed by atoms with van der Waals surface area (Å²) in [6, 6.07) is 5.79. The van der Waals surface area contributed by atoms with Crippen LogP contribution in [0.15, 0.2) is 24.3 Å². The average Bonchev–Trinajstić information content (AvgIpc) is 2.38. The van der Waals surface area contributed by atoms with Crippen LogP contribution in [0.1, 0.15) is 50.5 Å². The van der Waals surface area contributed by atoms with E-state index in [0.717, 1.165) is 25.7 Å². The molecule has 0 aliphatic carbocycles. The summed E-state index contributed by atoms with van der Waals surface area (Å²) in [6.45, 7) is 2.10. The van der Waals surface area contributed by atoms with Crippen molar-refractivity contribution < 1.29 is 14.8 Å². The zero-order valence-corrected chi connectivity index (χ0v) is 11.0. The number of nitro benzene ring substituents is 1. The Balaban J connectivity index is 2.70. The number of carboxylic acid groups (broad SMARTS) is 1. The van der Waals surface area contributed by atoms with E-state index in [0.29, 0.717) is 12.0 Å². The lowest BCUT2D eigenvalue weighted by molar-refractivity contribution is -0.384. The number of rotatable bonds is 8. The van der Waals surface area contributed by atoms with Crippen LogP contribution in [-0.2, 0) is 4.79 Å². The molecule has 0 bridgehead atoms. The molecule has 1 rings (SSSR count). The van der Waals surface area contributed by atoms with E-state index in [1.807, 2.05) is 0 Å². The molecule has 0 aliphatic rings. The molecule has 0 unspecified atom stereocenters. The van der Waals surface area contributed by atoms with Crippen LogP contribution in [0.5, 0.6) is 0 Å². The first-order valence-electron chi connectivity index (χ1n) is 6.53. The second kappa shape index (κ2) is 7.51. The standard InChI is InChI=1S/C14H19NO4/c1-2-3-4-5-6-13(14(16)17)11-7-9-12(10-8-11)15(18)19/h7-10,13H,2-6H2,1H3,(H,16,17)/t13-/m1/s1. The molecule has 0 saturated carbocycles. The number of hydrogen-bond donors (Lipinski definition) is 1. The van der Waals surface area contributed by atoms with Gasteiger partial charge in [-0.05, 0) is 12.0 Å². The van der Waals surface area contributed by atoms with Gasteiger partial charge in [0, 0.05) is 12.1 Å². The number of non-ortho nitro benzene ring substituents is 1. The smallest absolute Gasteiger partial charge is 0.310 e. The number of benzene rings is 1. The van der Waals surface area contributed by atoms with Crippen LogP contribution in [0, 0.1) is 10.1 Å². The maximum absolute atomic E-state index is 11.2. The van der Waals surface area contributed by atoms with Crippen molar-refractivity contribution in [2.24, 2.45) is 0 Å². The monoisotopic (exact) mass is 265 g/mol. The Kier molecular flexibility index (Phi) is 5.99. The van der Waals surface area contributed by atoms with Gasteiger partial charge in [0.05, 0.1) is 10.8 Å². The molecule has 0 aromatic heterocycles. The lowest BCUT2D eigenvalue weighted by Gasteiger charge is -2.12. The minimum Gasteiger partial charge on any atom is -0.481 e. The maximum Gasteiger partial charge on any atom is 0.310 e. The van der Waals surface area contributed by atoms with Crippen molar-refractivity contribution >= 4 is 11.7 Å². The van der Waals surface area contributed by atoms with Crippen LogP contribution in [0.3, 0.4) is 0 Å². The van der Waals surface area contributed by atoms with Gasteiger partial charge in [-0.25, -0.2) is 0 Å². The SMILES string of the molecule is CCCCCC[C@@H](C(=O)O)c1ccc([N+](=O)[O-])cc1. The van der Waals surface area contributed by atoms with Gasteiger partial charge in [0.2, 0.25) is 0 Å². The number of carboxylic acids is 1. The van der Waals surface area contributed by atoms with Crippen molar-refractivity contribution in [3.63, 3.8) is 0 Å². The largest absolute Gasteiger partial charge is 0.481 e. The molecule has 1 N–H and O–H groups in total. The Labute approximate surface area is 112 Å². The first-order chi connectivity index (χ1) is 9.06. The minimum atomic E-state index is -0.870. The van der Waals surface area contributed by atoms with E-state index in [9.17, 15) is 20.0 Å². The van der Waals surface area contributed by atoms with Crippen LogP contribution in [0.2, 0.25) is 0 Å². The quantitative estimate of drug-likeness (QED) is 0.441. The van der Waals surface area contributed by atoms with Gasteiger partial charge >= 0.3 is 5.97 Å². The predicted molar refractivity (Wildman–Crippen MR) is 72.2 cm³/mol. The number of unbranched alkanes of at least 4 members (excludes halogenated alkanes) is 3. The van der Waals surface area contributed by atoms with Gasteiger partial charge < -0.3 is 5.11 Å². The minimum absolute atomic E-state index is 0.0149. The van der Waals surface area contributed by atoms with Gasteiger partial charge in [-0.2, -0.15) is 0 Å². The van der Waals surface area contributed by atoms with Crippen molar-refractivity contribution in [3.05, 3.63) is 39.9 Å². The van der Waals surface area contributed by atoms with Crippen molar-refractivity contribution in [1.29, 1.82) is 0 Å². The third-order valence-corrected chi connectivity index (χ3v) is 3.15. The average molecular weight is 265 g/mol. The number of nitrogens with zero attached hydrogens (tertiary/aromatic N) is 1. The molecule has 1 aromatic rings. The highest BCUT2D eigenvalue weighted by Gasteiger charge is 2.20. The molecule has 104 valence electrons. The van der Waals surface area contributed by atoms with Gasteiger partial charge in [0.25, 0.3) is 5.69 Å². The van der Waals surface area contributed by atoms with E-state index in [2.05, 4.69) is 6.92 Å². The Bertz CT molecular complexity index is 428. The molecule has 0 aliphatic heterocycles. The van der Waals surface area contributed by atoms with E-state index in [4.69, 9.17) is 0 Å². The Morgan fingerprint density at radius 3 is 2.37 bits per heavy atom. The summed E-state index contributed by atoms with van der Waals surface area (Å²) in [5.74, 6) is -1.44. The van der Waals surface area contributed by atoms with E-state index >= 15 is 0 Å². The van der Waals surface area contributed by atoms with Crippen LogP contribution in [0.25, 0.3) is 0 Å². The van der Waals surface area contributed by atoms with Crippen LogP contribution in [0.4, 0.5) is 5.69 Å². The number of hydrogen-bond acceptors (Lipinski definition) is 3. The molecule has 5 heteroatoms. The van der Waals surface area contributed by atoms with E-state index in [1.165, 1.54) is 24.3 Å². The summed E-state index contributed by atoms with van der Waals surface area (Å²) in [4.78, 5) is 21.3. The molecule has 5 nitrogen and oxygen atoms in total. The van der Waals surface area contributed by atoms with Crippen molar-refractivity contribution in [2.75, 3.05) is 0 Å². The maximum atomic E-state index is 11.2. The Morgan fingerprint density at radius 2 is 1.89 bits per heavy atom. The zero-order chi connectivity index (χ0) is 14.3. The van der Waals surface area contributed by atoms with E-state index in [1.54, 1.807) is 0 Å². The third-order valence-electron chi connectivity index (χ3n) is 3.15. The normalized spacial score (nSPS) is 12.1. The molecule has 0 amide bonds. The van der Waals surface area contributed by atoms with Crippen molar-refractivity contribution in [3.8, 4) is 0 Å². The summed E-state index contributed by atoms with van der Waals surface area (Å²) in [5, 5.41) is 19.8. The van der Waals surface area contributed by atoms with Gasteiger partial charge in [-0.3, -0.25) is 14.9 Å². The highest BCUT2D eigenvalue weighted by molar-refractivity contribution is 5.76. The fraction of sp³-hybridized carbons (Fsp3) is 0.500. The molecule has 0 radical (unpaired) electrons. The lowest BCUT2D eigenvalue weighted by atomic mass is 9.93. The molecule has 1 atom stereocenters. The van der Waals surface area contributed by atoms with Gasteiger partial charge in [-0.15, -0.1) is 0 Å². The molecular formula is C14H19NO4. The molecule has 0 heterocycles. The molecule has 0 fully saturated rings.